The second-order valence-electron chi connectivity index (χ2n) is 5.87. The average molecular weight is 352 g/mol. The highest BCUT2D eigenvalue weighted by atomic mass is 35.5. The number of carbonyl (C=O) groups is 1. The lowest BCUT2D eigenvalue weighted by Crippen LogP contribution is -2.27. The summed E-state index contributed by atoms with van der Waals surface area (Å²) >= 11 is 1.57. The molecule has 0 spiro atoms. The molecule has 1 aromatic carbocycles. The highest BCUT2D eigenvalue weighted by molar-refractivity contribution is 7.15. The molecule has 4 nitrogen and oxygen atoms in total. The summed E-state index contributed by atoms with van der Waals surface area (Å²) in [5.74, 6) is 0.0265. The van der Waals surface area contributed by atoms with Crippen LogP contribution in [0.1, 0.15) is 34.5 Å². The fourth-order valence-corrected chi connectivity index (χ4v) is 3.89. The summed E-state index contributed by atoms with van der Waals surface area (Å²) in [5, 5.41) is 3.65. The summed E-state index contributed by atoms with van der Waals surface area (Å²) in [6, 6.07) is 8.41. The molecule has 0 bridgehead atoms. The van der Waals surface area contributed by atoms with Crippen LogP contribution in [0.5, 0.6) is 0 Å². The molecule has 0 aliphatic heterocycles. The van der Waals surface area contributed by atoms with Gasteiger partial charge in [0.2, 0.25) is 5.91 Å². The van der Waals surface area contributed by atoms with Gasteiger partial charge in [0.25, 0.3) is 0 Å². The molecule has 23 heavy (non-hydrogen) atoms. The maximum absolute atomic E-state index is 12.1. The molecule has 1 aliphatic rings. The Kier molecular flexibility index (Phi) is 6.16. The standard InChI is InChI=1S/C17H21N3OS.ClH/c1-11-4-2-3-5-12(11)6-9-16(21)20-17-19-14-8-7-13(18)10-15(14)22-17;/h2-5,13H,6-10,18H2,1H3,(H,19,20,21);1H/t13-;/m0./s1. The van der Waals surface area contributed by atoms with E-state index in [4.69, 9.17) is 5.73 Å². The molecule has 124 valence electrons. The molecule has 1 atom stereocenters. The van der Waals surface area contributed by atoms with Crippen molar-refractivity contribution in [3.05, 3.63) is 46.0 Å². The number of benzene rings is 1. The third-order valence-corrected chi connectivity index (χ3v) is 5.14. The number of aromatic nitrogens is 1. The molecule has 3 N–H and O–H groups in total. The van der Waals surface area contributed by atoms with E-state index in [-0.39, 0.29) is 24.4 Å². The number of nitrogens with one attached hydrogen (secondary N) is 1. The van der Waals surface area contributed by atoms with E-state index in [0.29, 0.717) is 11.6 Å². The molecule has 1 aliphatic carbocycles. The minimum absolute atomic E-state index is 0. The molecule has 1 amide bonds. The maximum atomic E-state index is 12.1. The van der Waals surface area contributed by atoms with E-state index in [0.717, 1.165) is 31.4 Å². The van der Waals surface area contributed by atoms with Gasteiger partial charge in [-0.3, -0.25) is 4.79 Å². The lowest BCUT2D eigenvalue weighted by atomic mass is 9.99. The number of aryl methyl sites for hydroxylation is 3. The first-order chi connectivity index (χ1) is 10.6. The second kappa shape index (κ2) is 7.90. The molecule has 1 heterocycles. The number of carbonyl (C=O) groups excluding carboxylic acids is 1. The molecule has 0 saturated heterocycles. The van der Waals surface area contributed by atoms with Crippen molar-refractivity contribution in [3.63, 3.8) is 0 Å². The van der Waals surface area contributed by atoms with Crippen LogP contribution >= 0.6 is 23.7 Å². The lowest BCUT2D eigenvalue weighted by Gasteiger charge is -2.15. The van der Waals surface area contributed by atoms with Crippen LogP contribution < -0.4 is 11.1 Å². The van der Waals surface area contributed by atoms with Gasteiger partial charge in [-0.15, -0.1) is 23.7 Å². The van der Waals surface area contributed by atoms with Crippen molar-refractivity contribution in [2.24, 2.45) is 5.73 Å². The number of amides is 1. The Morgan fingerprint density at radius 1 is 1.43 bits per heavy atom. The van der Waals surface area contributed by atoms with E-state index in [1.807, 2.05) is 12.1 Å². The van der Waals surface area contributed by atoms with E-state index >= 15 is 0 Å². The van der Waals surface area contributed by atoms with Crippen LogP contribution in [-0.4, -0.2) is 16.9 Å². The van der Waals surface area contributed by atoms with Gasteiger partial charge in [-0.2, -0.15) is 0 Å². The van der Waals surface area contributed by atoms with Gasteiger partial charge in [0.05, 0.1) is 5.69 Å². The fourth-order valence-electron chi connectivity index (χ4n) is 2.77. The lowest BCUT2D eigenvalue weighted by molar-refractivity contribution is -0.116. The number of rotatable bonds is 4. The molecule has 1 aromatic heterocycles. The van der Waals surface area contributed by atoms with Crippen LogP contribution in [0.4, 0.5) is 5.13 Å². The first-order valence-corrected chi connectivity index (χ1v) is 8.52. The molecule has 6 heteroatoms. The maximum Gasteiger partial charge on any atom is 0.226 e. The SMILES string of the molecule is Cc1ccccc1CCC(=O)Nc1nc2c(s1)C[C@@H](N)CC2.Cl. The highest BCUT2D eigenvalue weighted by Gasteiger charge is 2.20. The molecular formula is C17H22ClN3OS. The van der Waals surface area contributed by atoms with Crippen LogP contribution in [-0.2, 0) is 24.1 Å². The Morgan fingerprint density at radius 3 is 3.00 bits per heavy atom. The Hall–Kier alpha value is -1.43. The zero-order valence-corrected chi connectivity index (χ0v) is 14.8. The number of thiazole rings is 1. The summed E-state index contributed by atoms with van der Waals surface area (Å²) in [6.45, 7) is 2.07. The summed E-state index contributed by atoms with van der Waals surface area (Å²) in [7, 11) is 0. The molecule has 0 fully saturated rings. The molecular weight excluding hydrogens is 330 g/mol. The largest absolute Gasteiger partial charge is 0.327 e. The van der Waals surface area contributed by atoms with Crippen molar-refractivity contribution in [1.29, 1.82) is 0 Å². The Labute approximate surface area is 146 Å². The second-order valence-corrected chi connectivity index (χ2v) is 6.95. The van der Waals surface area contributed by atoms with Crippen LogP contribution in [0.2, 0.25) is 0 Å². The summed E-state index contributed by atoms with van der Waals surface area (Å²) in [5.41, 5.74) is 9.54. The van der Waals surface area contributed by atoms with Crippen LogP contribution in [0.3, 0.4) is 0 Å². The smallest absolute Gasteiger partial charge is 0.226 e. The van der Waals surface area contributed by atoms with Gasteiger partial charge >= 0.3 is 0 Å². The van der Waals surface area contributed by atoms with Gasteiger partial charge in [-0.25, -0.2) is 4.98 Å². The van der Waals surface area contributed by atoms with Gasteiger partial charge < -0.3 is 11.1 Å². The van der Waals surface area contributed by atoms with Gasteiger partial charge in [0.1, 0.15) is 0 Å². The van der Waals surface area contributed by atoms with Gasteiger partial charge in [-0.1, -0.05) is 24.3 Å². The Morgan fingerprint density at radius 2 is 2.22 bits per heavy atom. The van der Waals surface area contributed by atoms with E-state index < -0.39 is 0 Å². The summed E-state index contributed by atoms with van der Waals surface area (Å²) in [6.07, 6.45) is 4.03. The predicted molar refractivity (Wildman–Crippen MR) is 97.5 cm³/mol. The third-order valence-electron chi connectivity index (χ3n) is 4.11. The van der Waals surface area contributed by atoms with Crippen molar-refractivity contribution < 1.29 is 4.79 Å². The number of hydrogen-bond acceptors (Lipinski definition) is 4. The summed E-state index contributed by atoms with van der Waals surface area (Å²) in [4.78, 5) is 17.9. The van der Waals surface area contributed by atoms with Crippen LogP contribution in [0.25, 0.3) is 0 Å². The molecule has 0 saturated carbocycles. The first kappa shape index (κ1) is 17.9. The minimum atomic E-state index is 0. The monoisotopic (exact) mass is 351 g/mol. The fraction of sp³-hybridized carbons (Fsp3) is 0.412. The average Bonchev–Trinajstić information content (AvgIpc) is 2.87. The highest BCUT2D eigenvalue weighted by Crippen LogP contribution is 2.29. The van der Waals surface area contributed by atoms with E-state index in [2.05, 4.69) is 29.4 Å². The van der Waals surface area contributed by atoms with Crippen molar-refractivity contribution in [1.82, 2.24) is 4.98 Å². The zero-order chi connectivity index (χ0) is 15.5. The molecule has 3 rings (SSSR count). The topological polar surface area (TPSA) is 68.0 Å². The Bertz CT molecular complexity index is 686. The number of halogens is 1. The van der Waals surface area contributed by atoms with Gasteiger partial charge in [0.15, 0.2) is 5.13 Å². The Balaban J connectivity index is 0.00000192. The quantitative estimate of drug-likeness (QED) is 0.888. The van der Waals surface area contributed by atoms with E-state index in [9.17, 15) is 4.79 Å². The summed E-state index contributed by atoms with van der Waals surface area (Å²) < 4.78 is 0. The number of anilines is 1. The minimum Gasteiger partial charge on any atom is -0.327 e. The molecule has 0 unspecified atom stereocenters. The number of hydrogen-bond donors (Lipinski definition) is 2. The first-order valence-electron chi connectivity index (χ1n) is 7.70. The van der Waals surface area contributed by atoms with Gasteiger partial charge in [0, 0.05) is 17.3 Å². The number of nitrogens with two attached hydrogens (primary N) is 1. The third kappa shape index (κ3) is 4.53. The van der Waals surface area contributed by atoms with Crippen molar-refractivity contribution in [2.75, 3.05) is 5.32 Å². The predicted octanol–water partition coefficient (Wildman–Crippen LogP) is 3.26. The van der Waals surface area contributed by atoms with E-state index in [1.54, 1.807) is 11.3 Å². The number of nitrogens with zero attached hydrogens (tertiary/aromatic N) is 1. The molecule has 0 radical (unpaired) electrons. The van der Waals surface area contributed by atoms with Crippen molar-refractivity contribution >= 4 is 34.8 Å². The normalized spacial score (nSPS) is 16.3. The molecule has 2 aromatic rings. The number of fused-ring (bicyclic) bond motifs is 1. The van der Waals surface area contributed by atoms with E-state index in [1.165, 1.54) is 16.0 Å². The van der Waals surface area contributed by atoms with Gasteiger partial charge in [-0.05, 0) is 43.7 Å². The van der Waals surface area contributed by atoms with Crippen molar-refractivity contribution in [3.8, 4) is 0 Å². The zero-order valence-electron chi connectivity index (χ0n) is 13.2. The van der Waals surface area contributed by atoms with Crippen LogP contribution in [0.15, 0.2) is 24.3 Å². The van der Waals surface area contributed by atoms with Crippen molar-refractivity contribution in [2.45, 2.75) is 45.1 Å². The van der Waals surface area contributed by atoms with Crippen LogP contribution in [0, 0.1) is 6.92 Å².